The van der Waals surface area contributed by atoms with Gasteiger partial charge in [-0.2, -0.15) is 0 Å². The molecule has 39 N–H and O–H groups in total. The molecule has 632 valence electrons. The molecule has 6 aromatic rings. The van der Waals surface area contributed by atoms with Gasteiger partial charge in [0.05, 0.1) is 6.04 Å². The van der Waals surface area contributed by atoms with Crippen LogP contribution in [0.5, 0.6) is 0 Å². The highest BCUT2D eigenvalue weighted by Crippen LogP contribution is 2.23. The Morgan fingerprint density at radius 3 is 0.803 bits per heavy atom. The van der Waals surface area contributed by atoms with Crippen LogP contribution in [-0.4, -0.2) is 204 Å². The molecule has 4 aromatic carbocycles. The van der Waals surface area contributed by atoms with Crippen molar-refractivity contribution < 1.29 is 47.9 Å². The van der Waals surface area contributed by atoms with Crippen molar-refractivity contribution in [3.63, 3.8) is 0 Å². The minimum Gasteiger partial charge on any atom is -0.370 e. The fourth-order valence-electron chi connectivity index (χ4n) is 12.7. The van der Waals surface area contributed by atoms with E-state index in [1.165, 1.54) is 0 Å². The Balaban J connectivity index is 1.38. The van der Waals surface area contributed by atoms with E-state index < -0.39 is 119 Å². The van der Waals surface area contributed by atoms with Gasteiger partial charge in [-0.1, -0.05) is 97.1 Å². The third kappa shape index (κ3) is 33.1. The lowest BCUT2D eigenvalue weighted by atomic mass is 9.99. The van der Waals surface area contributed by atoms with Crippen molar-refractivity contribution >= 4 is 117 Å². The van der Waals surface area contributed by atoms with Crippen molar-refractivity contribution in [1.82, 2.24) is 89.7 Å². The summed E-state index contributed by atoms with van der Waals surface area (Å²) >= 11 is 0. The van der Waals surface area contributed by atoms with Crippen LogP contribution in [0.4, 0.5) is 0 Å². The number of primary amides is 1. The Hall–Kier alpha value is -13.8. The fourth-order valence-corrected chi connectivity index (χ4v) is 12.7. The minimum atomic E-state index is -1.58. The first-order valence-corrected chi connectivity index (χ1v) is 38.4. The second-order valence-corrected chi connectivity index (χ2v) is 28.0. The summed E-state index contributed by atoms with van der Waals surface area (Å²) in [5.74, 6) is -10.8. The number of aromatic amines is 2. The van der Waals surface area contributed by atoms with Gasteiger partial charge in [-0.25, -0.2) is 0 Å². The maximum absolute atomic E-state index is 15.8. The predicted octanol–water partition coefficient (Wildman–Crippen LogP) is -4.32. The Morgan fingerprint density at radius 1 is 0.282 bits per heavy atom. The predicted molar refractivity (Wildman–Crippen MR) is 444 cm³/mol. The molecule has 117 heavy (non-hydrogen) atoms. The van der Waals surface area contributed by atoms with Crippen LogP contribution in [0.15, 0.2) is 122 Å². The van der Waals surface area contributed by atoms with Gasteiger partial charge in [-0.3, -0.25) is 80.4 Å². The van der Waals surface area contributed by atoms with Crippen LogP contribution in [0.3, 0.4) is 0 Å². The smallest absolute Gasteiger partial charge is 0.243 e. The molecule has 41 heteroatoms. The van der Waals surface area contributed by atoms with E-state index in [0.29, 0.717) is 50.5 Å². The molecule has 0 saturated heterocycles. The molecule has 0 saturated carbocycles. The first-order valence-electron chi connectivity index (χ1n) is 38.4. The standard InChI is InChI=1S/C76H113N31O10/c77-49(23-11-31-91-71(79)80)62(109)100-53(27-13-33-93-73(83)84)64(111)102-56(30-16-36-96-76(89)90)66(113)104-58(38-44-19-5-2-6-20-44)68(115)106-60(40-46-42-98-51-25-10-8-22-48(46)51)70(117)107-59(39-45-41-97-50-24-9-7-21-47(45)50)69(116)105-57(37-43-17-3-1-4-18-43)67(114)103-55(29-15-35-95-75(87)88)65(112)101-54(28-14-34-94-74(85)86)63(110)99-52(61(78)108)26-12-32-92-72(81)82/h1-10,17-22,24-25,41-42,49,52-60,97-98H,11-16,23,26-40,77H2,(H2,78,108)(H,99,110)(H,100,109)(H,101,112)(H,102,111)(H,103,114)(H,104,113)(H,105,116)(H,106,115)(H,107,117)(H4,79,80,91)(H4,81,82,92)(H4,83,84,93)(H4,85,86,94)(H4,87,88,95)(H4,89,90,96)/t49-,52-,53-,54-,55-,56-,57-,58-,59-,60-/m1/s1. The second-order valence-electron chi connectivity index (χ2n) is 28.0. The number of carbonyl (C=O) groups is 10. The van der Waals surface area contributed by atoms with Gasteiger partial charge in [-0.15, -0.1) is 0 Å². The van der Waals surface area contributed by atoms with E-state index in [9.17, 15) is 24.0 Å². The van der Waals surface area contributed by atoms with E-state index >= 15 is 24.0 Å². The topological polar surface area (TPSA) is 734 Å². The molecule has 41 nitrogen and oxygen atoms in total. The minimum absolute atomic E-state index is 0.00873. The zero-order chi connectivity index (χ0) is 85.3. The van der Waals surface area contributed by atoms with Gasteiger partial charge >= 0.3 is 0 Å². The highest BCUT2D eigenvalue weighted by Gasteiger charge is 2.37. The number of para-hydroxylation sites is 2. The number of amides is 10. The zero-order valence-electron chi connectivity index (χ0n) is 65.1. The monoisotopic (exact) mass is 1620 g/mol. The normalized spacial score (nSPS) is 13.5. The van der Waals surface area contributed by atoms with Gasteiger partial charge in [0.25, 0.3) is 0 Å². The number of nitrogens with one attached hydrogen (secondary N) is 23. The van der Waals surface area contributed by atoms with Gasteiger partial charge in [-0.05, 0) is 111 Å². The van der Waals surface area contributed by atoms with Crippen LogP contribution in [0, 0.1) is 32.5 Å². The van der Waals surface area contributed by atoms with Crippen molar-refractivity contribution in [3.05, 3.63) is 144 Å². The number of carbonyl (C=O) groups excluding carboxylic acids is 10. The van der Waals surface area contributed by atoms with E-state index in [-0.39, 0.29) is 171 Å². The number of nitrogens with two attached hydrogens (primary N) is 8. The Bertz CT molecular complexity index is 4370. The first-order chi connectivity index (χ1) is 55.9. The van der Waals surface area contributed by atoms with E-state index in [4.69, 9.17) is 78.3 Å². The van der Waals surface area contributed by atoms with Gasteiger partial charge in [0.15, 0.2) is 35.8 Å². The van der Waals surface area contributed by atoms with Crippen molar-refractivity contribution in [2.24, 2.45) is 45.9 Å². The molecule has 10 atom stereocenters. The van der Waals surface area contributed by atoms with Crippen LogP contribution in [-0.2, 0) is 73.6 Å². The fraction of sp³-hybridized carbons (Fsp3) is 0.421. The lowest BCUT2D eigenvalue weighted by molar-refractivity contribution is -0.136. The van der Waals surface area contributed by atoms with Crippen LogP contribution < -0.4 is 126 Å². The van der Waals surface area contributed by atoms with Crippen molar-refractivity contribution in [3.8, 4) is 0 Å². The largest absolute Gasteiger partial charge is 0.370 e. The lowest BCUT2D eigenvalue weighted by Crippen LogP contribution is -2.61. The van der Waals surface area contributed by atoms with E-state index in [0.717, 1.165) is 0 Å². The Morgan fingerprint density at radius 2 is 0.513 bits per heavy atom. The Kier molecular flexibility index (Phi) is 38.1. The molecule has 0 unspecified atom stereocenters. The molecule has 2 aromatic heterocycles. The van der Waals surface area contributed by atoms with Crippen LogP contribution in [0.25, 0.3) is 21.8 Å². The van der Waals surface area contributed by atoms with Gasteiger partial charge in [0.2, 0.25) is 59.1 Å². The maximum Gasteiger partial charge on any atom is 0.243 e. The molecule has 0 aliphatic rings. The number of guanidine groups is 6. The van der Waals surface area contributed by atoms with Crippen molar-refractivity contribution in [1.29, 1.82) is 32.5 Å². The van der Waals surface area contributed by atoms with Crippen LogP contribution in [0.1, 0.15) is 99.3 Å². The molecular formula is C76H113N31O10. The summed E-state index contributed by atoms with van der Waals surface area (Å²) in [6, 6.07) is 17.2. The van der Waals surface area contributed by atoms with Gasteiger partial charge in [0.1, 0.15) is 54.4 Å². The molecule has 0 fully saturated rings. The third-order valence-electron chi connectivity index (χ3n) is 18.8. The number of benzene rings is 4. The van der Waals surface area contributed by atoms with Crippen molar-refractivity contribution in [2.75, 3.05) is 39.3 Å². The summed E-state index contributed by atoms with van der Waals surface area (Å²) < 4.78 is 0. The van der Waals surface area contributed by atoms with Gasteiger partial charge in [0, 0.05) is 99.2 Å². The molecular weight excluding hydrogens is 1510 g/mol. The number of rotatable bonds is 51. The second kappa shape index (κ2) is 48.3. The molecule has 0 aliphatic heterocycles. The molecule has 6 rings (SSSR count). The lowest BCUT2D eigenvalue weighted by Gasteiger charge is -2.29. The quantitative estimate of drug-likeness (QED) is 0.00975. The number of fused-ring (bicyclic) bond motifs is 2. The molecule has 0 bridgehead atoms. The Labute approximate surface area is 676 Å². The SMILES string of the molecule is N=C(N)NCCC[C@@H](N)C(=O)N[C@H](CCCNC(=N)N)C(=O)N[C@H](CCCNC(=N)N)C(=O)N[C@H](Cc1ccccc1)C(=O)N[C@H](Cc1c[nH]c2ccccc12)C(=O)N[C@H](Cc1c[nH]c2ccccc12)C(=O)N[C@H](Cc1ccccc1)C(=O)N[C@H](CCCNC(=N)N)C(=O)N[C@H](CCCNC(=N)N)C(=O)N[C@H](CCCNC(=N)N)C(N)=O. The van der Waals surface area contributed by atoms with Crippen molar-refractivity contribution in [2.45, 2.75) is 163 Å². The summed E-state index contributed by atoms with van der Waals surface area (Å²) in [7, 11) is 0. The van der Waals surface area contributed by atoms with E-state index in [1.807, 2.05) is 0 Å². The summed E-state index contributed by atoms with van der Waals surface area (Å²) in [4.78, 5) is 154. The summed E-state index contributed by atoms with van der Waals surface area (Å²) in [6.45, 7) is 0.682. The highest BCUT2D eigenvalue weighted by molar-refractivity contribution is 6.00. The average molecular weight is 1620 g/mol. The van der Waals surface area contributed by atoms with E-state index in [2.05, 4.69) is 89.7 Å². The number of H-pyrrole nitrogens is 2. The number of hydrogen-bond donors (Lipinski definition) is 31. The molecule has 0 aliphatic carbocycles. The molecule has 0 radical (unpaired) electrons. The highest BCUT2D eigenvalue weighted by atomic mass is 16.2. The molecule has 10 amide bonds. The van der Waals surface area contributed by atoms with Gasteiger partial charge < -0.3 is 136 Å². The molecule has 0 spiro atoms. The summed E-state index contributed by atoms with van der Waals surface area (Å²) in [5, 5.41) is 88.0. The van der Waals surface area contributed by atoms with Crippen LogP contribution in [0.2, 0.25) is 0 Å². The number of aromatic nitrogens is 2. The zero-order valence-corrected chi connectivity index (χ0v) is 65.1. The van der Waals surface area contributed by atoms with E-state index in [1.54, 1.807) is 122 Å². The third-order valence-corrected chi connectivity index (χ3v) is 18.8. The van der Waals surface area contributed by atoms with Crippen LogP contribution >= 0.6 is 0 Å². The molecule has 2 heterocycles. The summed E-state index contributed by atoms with van der Waals surface area (Å²) in [6.07, 6.45) is 3.22. The number of hydrogen-bond acceptors (Lipinski definition) is 17. The average Bonchev–Trinajstić information content (AvgIpc) is 1.69. The maximum atomic E-state index is 15.8. The first kappa shape index (κ1) is 92.1. The summed E-state index contributed by atoms with van der Waals surface area (Å²) in [5.41, 5.74) is 48.6.